The number of amides is 1. The van der Waals surface area contributed by atoms with E-state index in [1.807, 2.05) is 0 Å². The van der Waals surface area contributed by atoms with Crippen molar-refractivity contribution < 1.29 is 15.0 Å². The van der Waals surface area contributed by atoms with Crippen LogP contribution in [-0.2, 0) is 4.79 Å². The molecule has 0 rings (SSSR count). The van der Waals surface area contributed by atoms with E-state index < -0.39 is 0 Å². The van der Waals surface area contributed by atoms with Gasteiger partial charge in [-0.25, -0.2) is 0 Å². The summed E-state index contributed by atoms with van der Waals surface area (Å²) in [6.07, 6.45) is 2.38. The van der Waals surface area contributed by atoms with Crippen molar-refractivity contribution in [1.82, 2.24) is 4.90 Å². The van der Waals surface area contributed by atoms with Gasteiger partial charge in [0.25, 0.3) is 0 Å². The molecule has 0 heterocycles. The zero-order valence-corrected chi connectivity index (χ0v) is 8.93. The highest BCUT2D eigenvalue weighted by Crippen LogP contribution is 2.06. The number of hydrogen-bond donors (Lipinski definition) is 3. The van der Waals surface area contributed by atoms with Crippen LogP contribution in [0.15, 0.2) is 12.7 Å². The molecule has 0 aromatic heterocycles. The molecule has 0 saturated carbocycles. The third-order valence-corrected chi connectivity index (χ3v) is 2.11. The van der Waals surface area contributed by atoms with Gasteiger partial charge in [0.05, 0.1) is 19.3 Å². The van der Waals surface area contributed by atoms with E-state index in [1.54, 1.807) is 6.08 Å². The third kappa shape index (κ3) is 4.92. The van der Waals surface area contributed by atoms with Crippen LogP contribution < -0.4 is 5.73 Å². The maximum absolute atomic E-state index is 11.6. The minimum atomic E-state index is -0.311. The second-order valence-electron chi connectivity index (χ2n) is 3.21. The Balaban J connectivity index is 4.44. The first-order valence-electron chi connectivity index (χ1n) is 5.03. The smallest absolute Gasteiger partial charge is 0.224 e. The van der Waals surface area contributed by atoms with E-state index in [0.717, 1.165) is 0 Å². The fourth-order valence-electron chi connectivity index (χ4n) is 1.38. The molecule has 0 radical (unpaired) electrons. The lowest BCUT2D eigenvalue weighted by molar-refractivity contribution is -0.134. The third-order valence-electron chi connectivity index (χ3n) is 2.11. The van der Waals surface area contributed by atoms with Crippen LogP contribution in [0.2, 0.25) is 0 Å². The molecule has 1 unspecified atom stereocenters. The summed E-state index contributed by atoms with van der Waals surface area (Å²) in [6.45, 7) is 3.79. The minimum absolute atomic E-state index is 0.121. The predicted molar refractivity (Wildman–Crippen MR) is 58.2 cm³/mol. The zero-order chi connectivity index (χ0) is 11.7. The molecule has 5 nitrogen and oxygen atoms in total. The Morgan fingerprint density at radius 1 is 1.53 bits per heavy atom. The summed E-state index contributed by atoms with van der Waals surface area (Å²) >= 11 is 0. The van der Waals surface area contributed by atoms with Crippen molar-refractivity contribution in [1.29, 1.82) is 0 Å². The Morgan fingerprint density at radius 2 is 2.20 bits per heavy atom. The highest BCUT2D eigenvalue weighted by molar-refractivity contribution is 5.76. The van der Waals surface area contributed by atoms with Crippen molar-refractivity contribution in [3.8, 4) is 0 Å². The largest absolute Gasteiger partial charge is 0.395 e. The van der Waals surface area contributed by atoms with Gasteiger partial charge in [0.1, 0.15) is 0 Å². The summed E-state index contributed by atoms with van der Waals surface area (Å²) in [5, 5.41) is 18.0. The van der Waals surface area contributed by atoms with Crippen molar-refractivity contribution >= 4 is 5.91 Å². The Kier molecular flexibility index (Phi) is 7.89. The van der Waals surface area contributed by atoms with Crippen LogP contribution in [0.5, 0.6) is 0 Å². The van der Waals surface area contributed by atoms with Gasteiger partial charge in [-0.1, -0.05) is 6.08 Å². The summed E-state index contributed by atoms with van der Waals surface area (Å²) < 4.78 is 0. The standard InChI is InChI=1S/C10H20N2O3/c1-2-3-9(8-14)12(6-7-13)10(15)4-5-11/h2,9,13-14H,1,3-8,11H2. The highest BCUT2D eigenvalue weighted by Gasteiger charge is 2.20. The van der Waals surface area contributed by atoms with Gasteiger partial charge < -0.3 is 20.8 Å². The number of rotatable bonds is 8. The molecule has 88 valence electrons. The molecule has 1 amide bonds. The number of nitrogens with two attached hydrogens (primary N) is 1. The predicted octanol–water partition coefficient (Wildman–Crippen LogP) is -0.907. The minimum Gasteiger partial charge on any atom is -0.395 e. The van der Waals surface area contributed by atoms with Crippen LogP contribution in [0.1, 0.15) is 12.8 Å². The molecule has 0 aromatic rings. The second-order valence-corrected chi connectivity index (χ2v) is 3.21. The van der Waals surface area contributed by atoms with E-state index >= 15 is 0 Å². The number of aliphatic hydroxyl groups excluding tert-OH is 2. The topological polar surface area (TPSA) is 86.8 Å². The number of hydrogen-bond acceptors (Lipinski definition) is 4. The first-order valence-corrected chi connectivity index (χ1v) is 5.03. The van der Waals surface area contributed by atoms with Crippen LogP contribution in [-0.4, -0.2) is 53.4 Å². The average molecular weight is 216 g/mol. The first kappa shape index (κ1) is 14.1. The number of carbonyl (C=O) groups excluding carboxylic acids is 1. The first-order chi connectivity index (χ1) is 7.21. The van der Waals surface area contributed by atoms with E-state index in [0.29, 0.717) is 6.42 Å². The summed E-state index contributed by atoms with van der Waals surface area (Å²) in [4.78, 5) is 13.1. The molecule has 4 N–H and O–H groups in total. The van der Waals surface area contributed by atoms with Gasteiger partial charge in [-0.05, 0) is 6.42 Å². The molecule has 0 spiro atoms. The maximum Gasteiger partial charge on any atom is 0.224 e. The molecule has 1 atom stereocenters. The summed E-state index contributed by atoms with van der Waals surface area (Å²) in [6, 6.07) is -0.311. The van der Waals surface area contributed by atoms with Gasteiger partial charge >= 0.3 is 0 Å². The molecule has 15 heavy (non-hydrogen) atoms. The number of carbonyl (C=O) groups is 1. The Bertz CT molecular complexity index is 197. The van der Waals surface area contributed by atoms with E-state index in [4.69, 9.17) is 15.9 Å². The zero-order valence-electron chi connectivity index (χ0n) is 8.93. The lowest BCUT2D eigenvalue weighted by Gasteiger charge is -2.29. The molecule has 0 saturated heterocycles. The van der Waals surface area contributed by atoms with Crippen LogP contribution in [0.25, 0.3) is 0 Å². The molecule has 0 aromatic carbocycles. The normalized spacial score (nSPS) is 12.2. The van der Waals surface area contributed by atoms with E-state index in [2.05, 4.69) is 6.58 Å². The number of aliphatic hydroxyl groups is 2. The van der Waals surface area contributed by atoms with Crippen molar-refractivity contribution in [2.45, 2.75) is 18.9 Å². The second kappa shape index (κ2) is 8.40. The van der Waals surface area contributed by atoms with Crippen molar-refractivity contribution in [2.24, 2.45) is 5.73 Å². The SMILES string of the molecule is C=CCC(CO)N(CCO)C(=O)CCN. The molecule has 0 bridgehead atoms. The fraction of sp³-hybridized carbons (Fsp3) is 0.700. The summed E-state index contributed by atoms with van der Waals surface area (Å²) in [7, 11) is 0. The van der Waals surface area contributed by atoms with E-state index in [-0.39, 0.29) is 44.7 Å². The van der Waals surface area contributed by atoms with Crippen LogP contribution >= 0.6 is 0 Å². The number of nitrogens with zero attached hydrogens (tertiary/aromatic N) is 1. The van der Waals surface area contributed by atoms with E-state index in [9.17, 15) is 4.79 Å². The van der Waals surface area contributed by atoms with Crippen molar-refractivity contribution in [2.75, 3.05) is 26.3 Å². The molecular formula is C10H20N2O3. The van der Waals surface area contributed by atoms with Crippen molar-refractivity contribution in [3.63, 3.8) is 0 Å². The van der Waals surface area contributed by atoms with E-state index in [1.165, 1.54) is 4.90 Å². The molecular weight excluding hydrogens is 196 g/mol. The Hall–Kier alpha value is -0.910. The highest BCUT2D eigenvalue weighted by atomic mass is 16.3. The van der Waals surface area contributed by atoms with Gasteiger partial charge in [-0.15, -0.1) is 6.58 Å². The lowest BCUT2D eigenvalue weighted by atomic mass is 10.1. The fourth-order valence-corrected chi connectivity index (χ4v) is 1.38. The monoisotopic (exact) mass is 216 g/mol. The molecule has 0 fully saturated rings. The summed E-state index contributed by atoms with van der Waals surface area (Å²) in [5.41, 5.74) is 5.29. The average Bonchev–Trinajstić information content (AvgIpc) is 2.23. The van der Waals surface area contributed by atoms with Gasteiger partial charge in [0.15, 0.2) is 0 Å². The Labute approximate surface area is 90.2 Å². The van der Waals surface area contributed by atoms with Gasteiger partial charge in [-0.3, -0.25) is 4.79 Å². The summed E-state index contributed by atoms with van der Waals surface area (Å²) in [5.74, 6) is -0.146. The molecule has 0 aliphatic carbocycles. The van der Waals surface area contributed by atoms with Crippen LogP contribution in [0, 0.1) is 0 Å². The molecule has 5 heteroatoms. The quantitative estimate of drug-likeness (QED) is 0.459. The van der Waals surface area contributed by atoms with Gasteiger partial charge in [0.2, 0.25) is 5.91 Å². The van der Waals surface area contributed by atoms with Crippen molar-refractivity contribution in [3.05, 3.63) is 12.7 Å². The molecule has 0 aliphatic heterocycles. The van der Waals surface area contributed by atoms with Crippen LogP contribution in [0.3, 0.4) is 0 Å². The Morgan fingerprint density at radius 3 is 2.60 bits per heavy atom. The van der Waals surface area contributed by atoms with Crippen LogP contribution in [0.4, 0.5) is 0 Å². The molecule has 0 aliphatic rings. The van der Waals surface area contributed by atoms with Gasteiger partial charge in [-0.2, -0.15) is 0 Å². The lowest BCUT2D eigenvalue weighted by Crippen LogP contribution is -2.44. The maximum atomic E-state index is 11.6. The van der Waals surface area contributed by atoms with Gasteiger partial charge in [0, 0.05) is 19.5 Å².